The molecule has 2 aromatic rings. The fourth-order valence-corrected chi connectivity index (χ4v) is 3.34. The van der Waals surface area contributed by atoms with Crippen molar-refractivity contribution in [3.63, 3.8) is 0 Å². The van der Waals surface area contributed by atoms with Gasteiger partial charge in [0.15, 0.2) is 0 Å². The van der Waals surface area contributed by atoms with E-state index in [0.29, 0.717) is 13.0 Å². The van der Waals surface area contributed by atoms with E-state index in [9.17, 15) is 14.0 Å². The van der Waals surface area contributed by atoms with Gasteiger partial charge < -0.3 is 15.0 Å². The summed E-state index contributed by atoms with van der Waals surface area (Å²) in [6.07, 6.45) is 3.35. The number of carbonyl (C=O) groups is 2. The van der Waals surface area contributed by atoms with Crippen LogP contribution in [0.4, 0.5) is 4.39 Å². The Morgan fingerprint density at radius 3 is 2.78 bits per heavy atom. The second kappa shape index (κ2) is 7.87. The molecular formula is C19H23FN4O3. The van der Waals surface area contributed by atoms with Gasteiger partial charge in [-0.15, -0.1) is 0 Å². The standard InChI is InChI=1S/C19H23FN4O3/c1-12(27-3)19(26)21-9-13-8-17(25)23(2)18(13)14-10-22-24(11-14)16-6-4-15(20)5-7-16/h4-7,10-13,18H,8-9H2,1-3H3,(H,21,26)/t12-,13+,18-/m1/s1. The van der Waals surface area contributed by atoms with Crippen LogP contribution in [0.2, 0.25) is 0 Å². The van der Waals surface area contributed by atoms with Crippen LogP contribution in [0.15, 0.2) is 36.7 Å². The molecule has 0 unspecified atom stereocenters. The van der Waals surface area contributed by atoms with Crippen LogP contribution in [-0.2, 0) is 14.3 Å². The highest BCUT2D eigenvalue weighted by Gasteiger charge is 2.39. The number of aromatic nitrogens is 2. The first kappa shape index (κ1) is 19.0. The van der Waals surface area contributed by atoms with E-state index in [1.807, 2.05) is 6.20 Å². The summed E-state index contributed by atoms with van der Waals surface area (Å²) in [5.74, 6) is -0.566. The Kier molecular flexibility index (Phi) is 5.55. The number of ether oxygens (including phenoxy) is 1. The third kappa shape index (κ3) is 4.00. The van der Waals surface area contributed by atoms with E-state index in [1.54, 1.807) is 41.9 Å². The topological polar surface area (TPSA) is 76.5 Å². The summed E-state index contributed by atoms with van der Waals surface area (Å²) in [5.41, 5.74) is 1.60. The molecule has 144 valence electrons. The summed E-state index contributed by atoms with van der Waals surface area (Å²) >= 11 is 0. The molecule has 1 aliphatic heterocycles. The van der Waals surface area contributed by atoms with E-state index in [4.69, 9.17) is 4.74 Å². The first-order chi connectivity index (χ1) is 12.9. The minimum absolute atomic E-state index is 0.0218. The maximum atomic E-state index is 13.1. The van der Waals surface area contributed by atoms with Crippen molar-refractivity contribution in [2.45, 2.75) is 25.5 Å². The number of carbonyl (C=O) groups excluding carboxylic acids is 2. The van der Waals surface area contributed by atoms with Crippen LogP contribution >= 0.6 is 0 Å². The van der Waals surface area contributed by atoms with Crippen LogP contribution in [0.3, 0.4) is 0 Å². The monoisotopic (exact) mass is 374 g/mol. The predicted molar refractivity (Wildman–Crippen MR) is 96.6 cm³/mol. The number of nitrogens with one attached hydrogen (secondary N) is 1. The Bertz CT molecular complexity index is 821. The third-order valence-corrected chi connectivity index (χ3v) is 4.99. The molecule has 1 fully saturated rings. The molecule has 0 radical (unpaired) electrons. The van der Waals surface area contributed by atoms with Crippen molar-refractivity contribution in [2.24, 2.45) is 5.92 Å². The molecule has 0 spiro atoms. The molecule has 1 saturated heterocycles. The molecule has 27 heavy (non-hydrogen) atoms. The predicted octanol–water partition coefficient (Wildman–Crippen LogP) is 1.68. The second-order valence-corrected chi connectivity index (χ2v) is 6.73. The molecule has 1 aromatic heterocycles. The van der Waals surface area contributed by atoms with Crippen LogP contribution in [0.1, 0.15) is 24.9 Å². The van der Waals surface area contributed by atoms with Crippen molar-refractivity contribution in [3.8, 4) is 5.69 Å². The van der Waals surface area contributed by atoms with Crippen LogP contribution in [-0.4, -0.2) is 53.3 Å². The average molecular weight is 374 g/mol. The summed E-state index contributed by atoms with van der Waals surface area (Å²) < 4.78 is 19.8. The van der Waals surface area contributed by atoms with Gasteiger partial charge in [-0.1, -0.05) is 0 Å². The molecule has 0 aliphatic carbocycles. The number of likely N-dealkylation sites (tertiary alicyclic amines) is 1. The maximum Gasteiger partial charge on any atom is 0.248 e. The molecule has 2 amide bonds. The number of rotatable bonds is 6. The summed E-state index contributed by atoms with van der Waals surface area (Å²) in [5, 5.41) is 7.19. The minimum Gasteiger partial charge on any atom is -0.372 e. The lowest BCUT2D eigenvalue weighted by molar-refractivity contribution is -0.130. The smallest absolute Gasteiger partial charge is 0.248 e. The van der Waals surface area contributed by atoms with Gasteiger partial charge in [-0.3, -0.25) is 9.59 Å². The molecule has 8 heteroatoms. The van der Waals surface area contributed by atoms with Crippen molar-refractivity contribution in [1.82, 2.24) is 20.0 Å². The number of hydrogen-bond donors (Lipinski definition) is 1. The Morgan fingerprint density at radius 2 is 2.11 bits per heavy atom. The largest absolute Gasteiger partial charge is 0.372 e. The highest BCUT2D eigenvalue weighted by atomic mass is 19.1. The highest BCUT2D eigenvalue weighted by molar-refractivity contribution is 5.81. The zero-order valence-electron chi connectivity index (χ0n) is 15.6. The Hall–Kier alpha value is -2.74. The third-order valence-electron chi connectivity index (χ3n) is 4.99. The number of benzene rings is 1. The van der Waals surface area contributed by atoms with Crippen molar-refractivity contribution in [3.05, 3.63) is 48.0 Å². The zero-order valence-corrected chi connectivity index (χ0v) is 15.6. The van der Waals surface area contributed by atoms with Gasteiger partial charge in [0, 0.05) is 44.8 Å². The van der Waals surface area contributed by atoms with Crippen LogP contribution in [0, 0.1) is 11.7 Å². The maximum absolute atomic E-state index is 13.1. The van der Waals surface area contributed by atoms with Gasteiger partial charge in [-0.05, 0) is 31.2 Å². The molecule has 2 heterocycles. The van der Waals surface area contributed by atoms with E-state index in [1.165, 1.54) is 19.2 Å². The van der Waals surface area contributed by atoms with E-state index < -0.39 is 6.10 Å². The first-order valence-corrected chi connectivity index (χ1v) is 8.77. The molecular weight excluding hydrogens is 351 g/mol. The van der Waals surface area contributed by atoms with Crippen molar-refractivity contribution < 1.29 is 18.7 Å². The summed E-state index contributed by atoms with van der Waals surface area (Å²) in [6, 6.07) is 5.83. The fraction of sp³-hybridized carbons (Fsp3) is 0.421. The molecule has 3 atom stereocenters. The van der Waals surface area contributed by atoms with Gasteiger partial charge >= 0.3 is 0 Å². The van der Waals surface area contributed by atoms with Crippen molar-refractivity contribution in [1.29, 1.82) is 0 Å². The summed E-state index contributed by atoms with van der Waals surface area (Å²) in [7, 11) is 3.23. The Labute approximate surface area is 157 Å². The second-order valence-electron chi connectivity index (χ2n) is 6.73. The SMILES string of the molecule is CO[C@H](C)C(=O)NC[C@@H]1CC(=O)N(C)[C@H]1c1cnn(-c2ccc(F)cc2)c1. The molecule has 1 aliphatic rings. The molecule has 1 N–H and O–H groups in total. The number of amides is 2. The highest BCUT2D eigenvalue weighted by Crippen LogP contribution is 2.36. The van der Waals surface area contributed by atoms with E-state index >= 15 is 0 Å². The molecule has 0 bridgehead atoms. The number of hydrogen-bond acceptors (Lipinski definition) is 4. The number of methoxy groups -OCH3 is 1. The molecule has 7 nitrogen and oxygen atoms in total. The summed E-state index contributed by atoms with van der Waals surface area (Å²) in [6.45, 7) is 2.04. The van der Waals surface area contributed by atoms with Crippen LogP contribution < -0.4 is 5.32 Å². The lowest BCUT2D eigenvalue weighted by atomic mass is 9.95. The lowest BCUT2D eigenvalue weighted by Gasteiger charge is -2.24. The van der Waals surface area contributed by atoms with E-state index in [0.717, 1.165) is 11.3 Å². The molecule has 3 rings (SSSR count). The van der Waals surface area contributed by atoms with Gasteiger partial charge in [-0.25, -0.2) is 9.07 Å². The summed E-state index contributed by atoms with van der Waals surface area (Å²) in [4.78, 5) is 25.9. The molecule has 0 saturated carbocycles. The van der Waals surface area contributed by atoms with Gasteiger partial charge in [0.05, 0.1) is 17.9 Å². The normalized spacial score (nSPS) is 20.7. The van der Waals surface area contributed by atoms with Crippen LogP contribution in [0.5, 0.6) is 0 Å². The average Bonchev–Trinajstić information content (AvgIpc) is 3.24. The van der Waals surface area contributed by atoms with Crippen molar-refractivity contribution in [2.75, 3.05) is 20.7 Å². The lowest BCUT2D eigenvalue weighted by Crippen LogP contribution is -2.38. The fourth-order valence-electron chi connectivity index (χ4n) is 3.34. The minimum atomic E-state index is -0.542. The van der Waals surface area contributed by atoms with Gasteiger partial charge in [-0.2, -0.15) is 5.10 Å². The van der Waals surface area contributed by atoms with E-state index in [-0.39, 0.29) is 29.6 Å². The Balaban J connectivity index is 1.77. The number of halogens is 1. The first-order valence-electron chi connectivity index (χ1n) is 8.77. The van der Waals surface area contributed by atoms with E-state index in [2.05, 4.69) is 10.4 Å². The van der Waals surface area contributed by atoms with Crippen LogP contribution in [0.25, 0.3) is 5.69 Å². The van der Waals surface area contributed by atoms with Gasteiger partial charge in [0.1, 0.15) is 11.9 Å². The Morgan fingerprint density at radius 1 is 1.41 bits per heavy atom. The zero-order chi connectivity index (χ0) is 19.6. The van der Waals surface area contributed by atoms with Gasteiger partial charge in [0.25, 0.3) is 0 Å². The number of nitrogens with zero attached hydrogens (tertiary/aromatic N) is 3. The van der Waals surface area contributed by atoms with Crippen molar-refractivity contribution >= 4 is 11.8 Å². The molecule has 1 aromatic carbocycles. The van der Waals surface area contributed by atoms with Gasteiger partial charge in [0.2, 0.25) is 11.8 Å². The quantitative estimate of drug-likeness (QED) is 0.835.